The van der Waals surface area contributed by atoms with Gasteiger partial charge in [0.1, 0.15) is 54.0 Å². The molecule has 4 aliphatic rings. The Kier molecular flexibility index (Phi) is 19.6. The van der Waals surface area contributed by atoms with Crippen LogP contribution in [0.15, 0.2) is 82.8 Å². The SMILES string of the molecule is Cc1ncsc1-c1ccc(CNC(=O)[C@@H]2C[C@@H](O)CN2C(=O)[C@@H](NC(=O)COCCCC(CCCOc2cc(F)c(C3C4=C(C[C@@H](C)N3CC(C)(C)F)C3C=C=CC=C3N4)c(F)c2)OCC(=O)OC(C)(C)C)C(C)(C)C)cc1. The number of rotatable bonds is 23. The minimum atomic E-state index is -1.64. The van der Waals surface area contributed by atoms with Gasteiger partial charge in [0.2, 0.25) is 17.7 Å². The quantitative estimate of drug-likeness (QED) is 0.0403. The Balaban J connectivity index is 0.908. The predicted octanol–water partition coefficient (Wildman–Crippen LogP) is 8.85. The van der Waals surface area contributed by atoms with Crippen LogP contribution in [0.25, 0.3) is 10.4 Å². The number of thiazole rings is 1. The molecule has 3 aromatic rings. The van der Waals surface area contributed by atoms with E-state index in [4.69, 9.17) is 18.9 Å². The van der Waals surface area contributed by atoms with Crippen molar-refractivity contribution in [1.82, 2.24) is 30.7 Å². The van der Waals surface area contributed by atoms with Crippen molar-refractivity contribution in [2.75, 3.05) is 39.5 Å². The number of aryl methyl sites for hydroxylation is 1. The van der Waals surface area contributed by atoms with E-state index < -0.39 is 82.3 Å². The van der Waals surface area contributed by atoms with Gasteiger partial charge >= 0.3 is 5.97 Å². The van der Waals surface area contributed by atoms with Crippen LogP contribution in [0.4, 0.5) is 13.2 Å². The van der Waals surface area contributed by atoms with E-state index in [1.807, 2.05) is 55.2 Å². The van der Waals surface area contributed by atoms with Crippen molar-refractivity contribution in [1.29, 1.82) is 0 Å². The number of likely N-dealkylation sites (tertiary alicyclic amines) is 1. The van der Waals surface area contributed by atoms with Gasteiger partial charge in [0.05, 0.1) is 40.9 Å². The standard InChI is InChI=1S/C59H77F3N6O9S/c1-35-25-43-42-17-11-12-18-46(42)65-51(43)52(68(35)33-59(9,10)62)50-44(60)27-41(28-45(50)61)75-24-14-16-40(76-32-49(71)77-58(6,7)8)15-13-23-74-31-48(70)66-54(57(3,4)5)56(73)67-30-39(69)26-47(67)55(72)63-29-37-19-21-38(22-20-37)53-36(2)64-34-78-53/h12,17-22,27-28,34-35,39-40,42,47,52,54,65,69H,13-16,23-26,29-33H2,1-10H3,(H,63,72)(H,66,70)/t35-,39-,40?,42?,47+,52?,54-/m1/s1. The molecular weight excluding hydrogens is 1030 g/mol. The molecular formula is C59H77F3N6O9S. The maximum Gasteiger partial charge on any atom is 0.332 e. The first-order valence-corrected chi connectivity index (χ1v) is 27.8. The lowest BCUT2D eigenvalue weighted by Gasteiger charge is -2.44. The number of nitrogens with one attached hydrogen (secondary N) is 3. The van der Waals surface area contributed by atoms with Crippen LogP contribution in [0, 0.1) is 29.9 Å². The molecule has 7 atom stereocenters. The van der Waals surface area contributed by atoms with Gasteiger partial charge in [-0.1, -0.05) is 45.0 Å². The molecule has 3 amide bonds. The number of carbonyl (C=O) groups excluding carboxylic acids is 4. The number of aliphatic hydroxyl groups excluding tert-OH is 1. The molecule has 4 heterocycles. The second kappa shape index (κ2) is 25.5. The van der Waals surface area contributed by atoms with Gasteiger partial charge in [-0.05, 0) is 121 Å². The molecule has 0 spiro atoms. The summed E-state index contributed by atoms with van der Waals surface area (Å²) in [5.74, 6) is -3.75. The van der Waals surface area contributed by atoms with Crippen LogP contribution >= 0.6 is 11.3 Å². The van der Waals surface area contributed by atoms with Crippen LogP contribution in [-0.4, -0.2) is 125 Å². The van der Waals surface area contributed by atoms with E-state index in [0.717, 1.165) is 45.1 Å². The summed E-state index contributed by atoms with van der Waals surface area (Å²) in [7, 11) is 0. The molecule has 7 rings (SSSR count). The van der Waals surface area contributed by atoms with Crippen molar-refractivity contribution in [3.63, 3.8) is 0 Å². The van der Waals surface area contributed by atoms with Crippen molar-refractivity contribution >= 4 is 35.0 Å². The largest absolute Gasteiger partial charge is 0.493 e. The summed E-state index contributed by atoms with van der Waals surface area (Å²) < 4.78 is 71.1. The third kappa shape index (κ3) is 15.7. The predicted molar refractivity (Wildman–Crippen MR) is 291 cm³/mol. The van der Waals surface area contributed by atoms with E-state index in [1.165, 1.54) is 18.7 Å². The maximum atomic E-state index is 16.3. The highest BCUT2D eigenvalue weighted by atomic mass is 32.1. The van der Waals surface area contributed by atoms with E-state index >= 15 is 13.2 Å². The van der Waals surface area contributed by atoms with Crippen LogP contribution in [0.1, 0.15) is 124 Å². The molecule has 4 N–H and O–H groups in total. The first-order chi connectivity index (χ1) is 36.8. The third-order valence-corrected chi connectivity index (χ3v) is 15.1. The minimum absolute atomic E-state index is 0.0139. The number of alkyl halides is 1. The number of hydrogen-bond donors (Lipinski definition) is 4. The van der Waals surface area contributed by atoms with E-state index in [0.29, 0.717) is 37.8 Å². The van der Waals surface area contributed by atoms with Gasteiger partial charge < -0.3 is 44.9 Å². The number of benzene rings is 2. The number of amides is 3. The van der Waals surface area contributed by atoms with Gasteiger partial charge in [-0.15, -0.1) is 17.1 Å². The van der Waals surface area contributed by atoms with E-state index in [-0.39, 0.29) is 75.8 Å². The third-order valence-electron chi connectivity index (χ3n) is 14.1. The monoisotopic (exact) mass is 1100 g/mol. The van der Waals surface area contributed by atoms with Gasteiger partial charge in [-0.3, -0.25) is 19.3 Å². The van der Waals surface area contributed by atoms with Crippen LogP contribution in [0.2, 0.25) is 0 Å². The number of allylic oxidation sites excluding steroid dienone is 2. The average Bonchev–Trinajstić information content (AvgIpc) is 4.28. The number of fused-ring (bicyclic) bond motifs is 2. The zero-order valence-electron chi connectivity index (χ0n) is 46.6. The second-order valence-electron chi connectivity index (χ2n) is 23.5. The van der Waals surface area contributed by atoms with Crippen molar-refractivity contribution < 1.29 is 56.4 Å². The van der Waals surface area contributed by atoms with E-state index in [9.17, 15) is 24.3 Å². The number of aliphatic hydroxyl groups is 1. The fraction of sp³-hybridized carbons (Fsp3) is 0.559. The van der Waals surface area contributed by atoms with Crippen molar-refractivity contribution in [3.8, 4) is 16.2 Å². The maximum absolute atomic E-state index is 16.3. The summed E-state index contributed by atoms with van der Waals surface area (Å²) in [6.07, 6.45) is 6.45. The molecule has 78 heavy (non-hydrogen) atoms. The molecule has 3 aliphatic heterocycles. The van der Waals surface area contributed by atoms with Crippen LogP contribution < -0.4 is 20.7 Å². The lowest BCUT2D eigenvalue weighted by atomic mass is 9.83. The van der Waals surface area contributed by atoms with Crippen LogP contribution in [0.5, 0.6) is 5.75 Å². The Bertz CT molecular complexity index is 2750. The highest BCUT2D eigenvalue weighted by molar-refractivity contribution is 7.13. The molecule has 1 saturated heterocycles. The smallest absolute Gasteiger partial charge is 0.332 e. The average molecular weight is 1100 g/mol. The van der Waals surface area contributed by atoms with Gasteiger partial charge in [0, 0.05) is 73.7 Å². The molecule has 1 fully saturated rings. The topological polar surface area (TPSA) is 181 Å². The molecule has 1 aliphatic carbocycles. The Morgan fingerprint density at radius 1 is 0.987 bits per heavy atom. The highest BCUT2D eigenvalue weighted by Gasteiger charge is 2.47. The molecule has 2 aromatic carbocycles. The molecule has 3 unspecified atom stereocenters. The van der Waals surface area contributed by atoms with Crippen LogP contribution in [0.3, 0.4) is 0 Å². The summed E-state index contributed by atoms with van der Waals surface area (Å²) in [6, 6.07) is 6.98. The fourth-order valence-electron chi connectivity index (χ4n) is 10.5. The number of halogens is 3. The number of hydrogen-bond acceptors (Lipinski definition) is 13. The fourth-order valence-corrected chi connectivity index (χ4v) is 11.3. The van der Waals surface area contributed by atoms with Crippen molar-refractivity contribution in [2.45, 2.75) is 162 Å². The molecule has 1 aromatic heterocycles. The zero-order valence-corrected chi connectivity index (χ0v) is 47.4. The number of esters is 1. The number of ether oxygens (including phenoxy) is 4. The van der Waals surface area contributed by atoms with E-state index in [1.54, 1.807) is 64.5 Å². The normalized spacial score (nSPS) is 21.1. The van der Waals surface area contributed by atoms with Crippen molar-refractivity contribution in [2.24, 2.45) is 11.3 Å². The Hall–Kier alpha value is -5.82. The first kappa shape index (κ1) is 59.8. The first-order valence-electron chi connectivity index (χ1n) is 26.9. The van der Waals surface area contributed by atoms with E-state index in [2.05, 4.69) is 26.7 Å². The minimum Gasteiger partial charge on any atom is -0.493 e. The molecule has 424 valence electrons. The van der Waals surface area contributed by atoms with Gasteiger partial charge in [0.25, 0.3) is 0 Å². The summed E-state index contributed by atoms with van der Waals surface area (Å²) in [5, 5.41) is 19.8. The molecule has 19 heteroatoms. The Morgan fingerprint density at radius 2 is 1.68 bits per heavy atom. The van der Waals surface area contributed by atoms with Gasteiger partial charge in [-0.25, -0.2) is 22.9 Å². The molecule has 15 nitrogen and oxygen atoms in total. The number of β-amino-alcohol motifs (C(OH)–C–C–N with tert-alkyl or cyclic N) is 1. The Morgan fingerprint density at radius 3 is 2.32 bits per heavy atom. The summed E-state index contributed by atoms with van der Waals surface area (Å²) in [6.45, 7) is 17.1. The number of carbonyl (C=O) groups is 4. The zero-order chi connectivity index (χ0) is 56.7. The lowest BCUT2D eigenvalue weighted by molar-refractivity contribution is -0.162. The number of aromatic nitrogens is 1. The molecule has 0 radical (unpaired) electrons. The summed E-state index contributed by atoms with van der Waals surface area (Å²) >= 11 is 1.55. The van der Waals surface area contributed by atoms with Gasteiger partial charge in [-0.2, -0.15) is 0 Å². The van der Waals surface area contributed by atoms with Crippen molar-refractivity contribution in [3.05, 3.63) is 111 Å². The Labute approximate surface area is 460 Å². The lowest BCUT2D eigenvalue weighted by Crippen LogP contribution is -2.58. The summed E-state index contributed by atoms with van der Waals surface area (Å²) in [4.78, 5) is 62.3. The van der Waals surface area contributed by atoms with Gasteiger partial charge in [0.15, 0.2) is 0 Å². The molecule has 0 saturated carbocycles. The van der Waals surface area contributed by atoms with Crippen LogP contribution in [-0.2, 0) is 39.9 Å². The highest BCUT2D eigenvalue weighted by Crippen LogP contribution is 2.48. The second-order valence-corrected chi connectivity index (χ2v) is 24.3. The molecule has 0 bridgehead atoms. The number of nitrogens with zero attached hydrogens (tertiary/aromatic N) is 3. The summed E-state index contributed by atoms with van der Waals surface area (Å²) in [5.41, 5.74) is 6.95.